The number of nitrogens with zero attached hydrogens (tertiary/aromatic N) is 2. The lowest BCUT2D eigenvalue weighted by molar-refractivity contribution is -0.658. The van der Waals surface area contributed by atoms with E-state index in [1.54, 1.807) is 24.5 Å². The van der Waals surface area contributed by atoms with Crippen LogP contribution in [0.15, 0.2) is 53.9 Å². The highest BCUT2D eigenvalue weighted by atomic mass is 35.5. The summed E-state index contributed by atoms with van der Waals surface area (Å²) in [6, 6.07) is 12.8. The summed E-state index contributed by atoms with van der Waals surface area (Å²) in [5.41, 5.74) is 5.08. The third-order valence-corrected chi connectivity index (χ3v) is 3.82. The number of halogens is 2. The van der Waals surface area contributed by atoms with Gasteiger partial charge in [0.05, 0.1) is 11.2 Å². The van der Waals surface area contributed by atoms with Crippen molar-refractivity contribution in [1.82, 2.24) is 10.4 Å². The number of carbonyl (C=O) groups excluding carboxylic acids is 1. The molecule has 0 aliphatic heterocycles. The molecule has 0 spiro atoms. The molecule has 0 unspecified atom stereocenters. The van der Waals surface area contributed by atoms with Crippen LogP contribution in [0.1, 0.15) is 5.56 Å². The van der Waals surface area contributed by atoms with Crippen LogP contribution in [0.4, 0.5) is 0 Å². The Hall–Kier alpha value is -2.37. The number of hydrogen-bond acceptors (Lipinski definition) is 2. The molecule has 1 heterocycles. The zero-order valence-corrected chi connectivity index (χ0v) is 13.5. The Labute approximate surface area is 142 Å². The van der Waals surface area contributed by atoms with Gasteiger partial charge in [-0.3, -0.25) is 4.79 Å². The molecular formula is C16H13Cl2N4O+. The maximum Gasteiger partial charge on any atom is 0.282 e. The molecule has 5 nitrogen and oxygen atoms in total. The molecule has 0 radical (unpaired) electrons. The Morgan fingerprint density at radius 1 is 1.26 bits per heavy atom. The lowest BCUT2D eigenvalue weighted by Crippen LogP contribution is -2.40. The van der Waals surface area contributed by atoms with Crippen molar-refractivity contribution in [2.75, 3.05) is 0 Å². The minimum atomic E-state index is -0.235. The SMILES string of the molecule is O=C(C[n+]1c[nH]c2ccccc21)NN=Cc1ccc(Cl)cc1Cl. The summed E-state index contributed by atoms with van der Waals surface area (Å²) in [6.07, 6.45) is 3.24. The largest absolute Gasteiger partial charge is 0.282 e. The van der Waals surface area contributed by atoms with E-state index in [2.05, 4.69) is 15.5 Å². The van der Waals surface area contributed by atoms with Crippen LogP contribution >= 0.6 is 23.2 Å². The third kappa shape index (κ3) is 3.70. The van der Waals surface area contributed by atoms with Crippen molar-refractivity contribution in [2.24, 2.45) is 5.10 Å². The van der Waals surface area contributed by atoms with Gasteiger partial charge in [0.2, 0.25) is 6.33 Å². The van der Waals surface area contributed by atoms with E-state index in [1.807, 2.05) is 28.8 Å². The number of fused-ring (bicyclic) bond motifs is 1. The molecule has 3 rings (SSSR count). The van der Waals surface area contributed by atoms with Crippen molar-refractivity contribution in [3.63, 3.8) is 0 Å². The summed E-state index contributed by atoms with van der Waals surface area (Å²) in [4.78, 5) is 15.1. The van der Waals surface area contributed by atoms with Crippen molar-refractivity contribution < 1.29 is 9.36 Å². The van der Waals surface area contributed by atoms with Gasteiger partial charge in [0.15, 0.2) is 17.6 Å². The van der Waals surface area contributed by atoms with Crippen LogP contribution in [-0.4, -0.2) is 17.1 Å². The van der Waals surface area contributed by atoms with Crippen LogP contribution in [0.5, 0.6) is 0 Å². The molecule has 0 aliphatic rings. The van der Waals surface area contributed by atoms with Gasteiger partial charge in [-0.1, -0.05) is 41.4 Å². The molecular weight excluding hydrogens is 335 g/mol. The standard InChI is InChI=1S/C16H12Cl2N4O/c17-12-6-5-11(13(18)7-12)8-20-21-16(23)9-22-10-19-14-3-1-2-4-15(14)22/h1-8,10H,9H2,(H,21,23)/p+1. The molecule has 0 atom stereocenters. The predicted molar refractivity (Wildman–Crippen MR) is 90.7 cm³/mol. The first kappa shape index (κ1) is 15.5. The van der Waals surface area contributed by atoms with Crippen molar-refractivity contribution >= 4 is 46.4 Å². The Kier molecular flexibility index (Phi) is 4.60. The third-order valence-electron chi connectivity index (χ3n) is 3.26. The molecule has 3 aromatic rings. The van der Waals surface area contributed by atoms with Crippen LogP contribution in [0.2, 0.25) is 10.0 Å². The molecule has 0 saturated carbocycles. The Balaban J connectivity index is 1.64. The van der Waals surface area contributed by atoms with Gasteiger partial charge >= 0.3 is 0 Å². The summed E-state index contributed by atoms with van der Waals surface area (Å²) in [7, 11) is 0. The summed E-state index contributed by atoms with van der Waals surface area (Å²) < 4.78 is 1.81. The fraction of sp³-hybridized carbons (Fsp3) is 0.0625. The molecule has 23 heavy (non-hydrogen) atoms. The number of hydrazone groups is 1. The lowest BCUT2D eigenvalue weighted by atomic mass is 10.2. The van der Waals surface area contributed by atoms with E-state index in [4.69, 9.17) is 23.2 Å². The number of nitrogens with one attached hydrogen (secondary N) is 2. The molecule has 0 bridgehead atoms. The molecule has 2 aromatic carbocycles. The molecule has 116 valence electrons. The molecule has 0 aliphatic carbocycles. The van der Waals surface area contributed by atoms with Crippen molar-refractivity contribution in [1.29, 1.82) is 0 Å². The number of carbonyl (C=O) groups is 1. The zero-order chi connectivity index (χ0) is 16.2. The first-order valence-electron chi connectivity index (χ1n) is 6.86. The maximum absolute atomic E-state index is 12.0. The summed E-state index contributed by atoms with van der Waals surface area (Å²) in [5.74, 6) is -0.235. The summed E-state index contributed by atoms with van der Waals surface area (Å²) in [5, 5.41) is 4.94. The number of aromatic amines is 1. The van der Waals surface area contributed by atoms with Gasteiger partial charge in [-0.05, 0) is 24.3 Å². The van der Waals surface area contributed by atoms with Gasteiger partial charge in [-0.15, -0.1) is 0 Å². The van der Waals surface area contributed by atoms with Crippen molar-refractivity contribution in [3.05, 3.63) is 64.4 Å². The summed E-state index contributed by atoms with van der Waals surface area (Å²) in [6.45, 7) is 0.162. The molecule has 0 saturated heterocycles. The average Bonchev–Trinajstić information content (AvgIpc) is 2.93. The van der Waals surface area contributed by atoms with E-state index in [0.717, 1.165) is 11.0 Å². The number of rotatable bonds is 4. The van der Waals surface area contributed by atoms with Gasteiger partial charge < -0.3 is 0 Å². The quantitative estimate of drug-likeness (QED) is 0.425. The highest BCUT2D eigenvalue weighted by Crippen LogP contribution is 2.19. The average molecular weight is 348 g/mol. The number of para-hydroxylation sites is 2. The monoisotopic (exact) mass is 347 g/mol. The van der Waals surface area contributed by atoms with Crippen molar-refractivity contribution in [3.8, 4) is 0 Å². The number of aromatic nitrogens is 2. The first-order chi connectivity index (χ1) is 11.1. The minimum absolute atomic E-state index is 0.162. The predicted octanol–water partition coefficient (Wildman–Crippen LogP) is 2.91. The van der Waals surface area contributed by atoms with E-state index >= 15 is 0 Å². The second-order valence-electron chi connectivity index (χ2n) is 4.88. The van der Waals surface area contributed by atoms with Gasteiger partial charge in [0.25, 0.3) is 5.91 Å². The Morgan fingerprint density at radius 3 is 2.91 bits per heavy atom. The second kappa shape index (κ2) is 6.81. The number of amides is 1. The van der Waals surface area contributed by atoms with E-state index < -0.39 is 0 Å². The Morgan fingerprint density at radius 2 is 2.09 bits per heavy atom. The molecule has 1 aromatic heterocycles. The number of H-pyrrole nitrogens is 1. The zero-order valence-electron chi connectivity index (χ0n) is 12.0. The van der Waals surface area contributed by atoms with Gasteiger partial charge in [0.1, 0.15) is 0 Å². The maximum atomic E-state index is 12.0. The molecule has 0 fully saturated rings. The molecule has 1 amide bonds. The normalized spacial score (nSPS) is 11.2. The second-order valence-corrected chi connectivity index (χ2v) is 5.72. The number of hydrogen-bond donors (Lipinski definition) is 2. The fourth-order valence-electron chi connectivity index (χ4n) is 2.16. The Bertz CT molecular complexity index is 889. The van der Waals surface area contributed by atoms with Crippen molar-refractivity contribution in [2.45, 2.75) is 6.54 Å². The highest BCUT2D eigenvalue weighted by molar-refractivity contribution is 6.36. The summed E-state index contributed by atoms with van der Waals surface area (Å²) >= 11 is 11.9. The van der Waals surface area contributed by atoms with Crippen LogP contribution in [0, 0.1) is 0 Å². The van der Waals surface area contributed by atoms with E-state index in [0.29, 0.717) is 15.6 Å². The van der Waals surface area contributed by atoms with E-state index in [1.165, 1.54) is 6.21 Å². The highest BCUT2D eigenvalue weighted by Gasteiger charge is 2.12. The van der Waals surface area contributed by atoms with Crippen LogP contribution in [0.25, 0.3) is 11.0 Å². The lowest BCUT2D eigenvalue weighted by Gasteiger charge is -2.00. The van der Waals surface area contributed by atoms with Gasteiger partial charge in [-0.25, -0.2) is 15.0 Å². The minimum Gasteiger partial charge on any atom is -0.269 e. The van der Waals surface area contributed by atoms with Crippen LogP contribution < -0.4 is 9.99 Å². The van der Waals surface area contributed by atoms with E-state index in [9.17, 15) is 4.79 Å². The number of benzene rings is 2. The van der Waals surface area contributed by atoms with Crippen LogP contribution in [-0.2, 0) is 11.3 Å². The van der Waals surface area contributed by atoms with Crippen LogP contribution in [0.3, 0.4) is 0 Å². The molecule has 2 N–H and O–H groups in total. The van der Waals surface area contributed by atoms with Gasteiger partial charge in [-0.2, -0.15) is 5.10 Å². The van der Waals surface area contributed by atoms with Gasteiger partial charge in [0, 0.05) is 10.6 Å². The fourth-order valence-corrected chi connectivity index (χ4v) is 2.62. The first-order valence-corrected chi connectivity index (χ1v) is 7.61. The van der Waals surface area contributed by atoms with E-state index in [-0.39, 0.29) is 12.5 Å². The smallest absolute Gasteiger partial charge is 0.269 e. The number of imidazole rings is 1. The topological polar surface area (TPSA) is 61.1 Å². The molecule has 7 heteroatoms.